The Balaban J connectivity index is 1.42. The van der Waals surface area contributed by atoms with Crippen LogP contribution >= 0.6 is 0 Å². The van der Waals surface area contributed by atoms with Gasteiger partial charge in [0.15, 0.2) is 0 Å². The Labute approximate surface area is 278 Å². The molecule has 228 valence electrons. The van der Waals surface area contributed by atoms with Crippen LogP contribution in [0.4, 0.5) is 0 Å². The zero-order valence-electron chi connectivity index (χ0n) is 26.0. The van der Waals surface area contributed by atoms with Crippen LogP contribution in [0.2, 0.25) is 0 Å². The quantitative estimate of drug-likeness (QED) is 0.174. The van der Waals surface area contributed by atoms with E-state index in [1.54, 1.807) is 9.13 Å². The van der Waals surface area contributed by atoms with Gasteiger partial charge in [-0.2, -0.15) is 0 Å². The highest BCUT2D eigenvalue weighted by atomic mass is 16.2. The van der Waals surface area contributed by atoms with Gasteiger partial charge in [-0.15, -0.1) is 0 Å². The molecule has 0 aliphatic heterocycles. The van der Waals surface area contributed by atoms with Crippen molar-refractivity contribution in [2.24, 2.45) is 0 Å². The molecular formula is C44H30N2O2. The molecule has 8 rings (SSSR count). The highest BCUT2D eigenvalue weighted by Crippen LogP contribution is 2.36. The molecule has 0 atom stereocenters. The molecule has 0 amide bonds. The van der Waals surface area contributed by atoms with Crippen LogP contribution in [0.15, 0.2) is 192 Å². The first kappa shape index (κ1) is 28.9. The second kappa shape index (κ2) is 12.3. The highest BCUT2D eigenvalue weighted by Gasteiger charge is 2.20. The molecule has 0 spiro atoms. The Bertz CT molecular complexity index is 2310. The lowest BCUT2D eigenvalue weighted by atomic mass is 9.93. The number of benzene rings is 7. The molecule has 8 aromatic rings. The van der Waals surface area contributed by atoms with E-state index >= 15 is 0 Å². The molecule has 4 heteroatoms. The van der Waals surface area contributed by atoms with Crippen LogP contribution < -0.4 is 11.1 Å². The molecule has 7 aromatic carbocycles. The van der Waals surface area contributed by atoms with Crippen molar-refractivity contribution >= 4 is 11.0 Å². The van der Waals surface area contributed by atoms with Crippen molar-refractivity contribution in [3.8, 4) is 55.9 Å². The van der Waals surface area contributed by atoms with Crippen LogP contribution in [0.25, 0.3) is 66.9 Å². The summed E-state index contributed by atoms with van der Waals surface area (Å²) in [4.78, 5) is 28.5. The lowest BCUT2D eigenvalue weighted by Crippen LogP contribution is -2.40. The van der Waals surface area contributed by atoms with Crippen LogP contribution in [0.1, 0.15) is 0 Å². The van der Waals surface area contributed by atoms with Gasteiger partial charge in [0.1, 0.15) is 0 Å². The molecule has 4 nitrogen and oxygen atoms in total. The van der Waals surface area contributed by atoms with Gasteiger partial charge in [-0.05, 0) is 80.9 Å². The van der Waals surface area contributed by atoms with E-state index in [1.807, 2.05) is 133 Å². The van der Waals surface area contributed by atoms with E-state index < -0.39 is 11.1 Å². The minimum Gasteiger partial charge on any atom is -0.271 e. The van der Waals surface area contributed by atoms with E-state index in [2.05, 4.69) is 48.5 Å². The molecule has 0 fully saturated rings. The number of nitrogens with zero attached hydrogens (tertiary/aromatic N) is 2. The summed E-state index contributed by atoms with van der Waals surface area (Å²) >= 11 is 0. The van der Waals surface area contributed by atoms with Crippen molar-refractivity contribution in [1.29, 1.82) is 0 Å². The highest BCUT2D eigenvalue weighted by molar-refractivity contribution is 5.95. The standard InChI is InChI=1S/C44H30N2O2/c47-43-44(48)46(38-27-23-34(24-28-38)32-15-7-2-8-16-32)42-30-40(36-19-11-4-12-20-36)39(35-17-9-3-10-18-35)29-41(42)45(43)37-25-21-33(22-26-37)31-13-5-1-6-14-31/h1-30H. The first-order valence-corrected chi connectivity index (χ1v) is 15.9. The van der Waals surface area contributed by atoms with Crippen LogP contribution in [0.3, 0.4) is 0 Å². The maximum Gasteiger partial charge on any atom is 0.321 e. The van der Waals surface area contributed by atoms with Crippen molar-refractivity contribution in [3.05, 3.63) is 203 Å². The van der Waals surface area contributed by atoms with E-state index in [0.717, 1.165) is 44.5 Å². The minimum atomic E-state index is -0.617. The van der Waals surface area contributed by atoms with Gasteiger partial charge in [0.25, 0.3) is 0 Å². The fourth-order valence-corrected chi connectivity index (χ4v) is 6.44. The first-order valence-electron chi connectivity index (χ1n) is 15.9. The predicted molar refractivity (Wildman–Crippen MR) is 197 cm³/mol. The molecule has 0 saturated carbocycles. The van der Waals surface area contributed by atoms with Crippen molar-refractivity contribution in [1.82, 2.24) is 9.13 Å². The number of fused-ring (bicyclic) bond motifs is 1. The molecule has 0 bridgehead atoms. The summed E-state index contributed by atoms with van der Waals surface area (Å²) in [5.74, 6) is 0. The van der Waals surface area contributed by atoms with Crippen LogP contribution in [-0.2, 0) is 0 Å². The molecule has 0 N–H and O–H groups in total. The summed E-state index contributed by atoms with van der Waals surface area (Å²) in [6.45, 7) is 0. The lowest BCUT2D eigenvalue weighted by molar-refractivity contribution is 0.919. The molecule has 0 saturated heterocycles. The summed E-state index contributed by atoms with van der Waals surface area (Å²) < 4.78 is 3.12. The van der Waals surface area contributed by atoms with Gasteiger partial charge in [-0.1, -0.05) is 146 Å². The van der Waals surface area contributed by atoms with E-state index in [4.69, 9.17) is 0 Å². The van der Waals surface area contributed by atoms with Crippen molar-refractivity contribution in [2.75, 3.05) is 0 Å². The Morgan fingerprint density at radius 3 is 0.875 bits per heavy atom. The van der Waals surface area contributed by atoms with E-state index in [0.29, 0.717) is 22.4 Å². The number of aromatic nitrogens is 2. The second-order valence-corrected chi connectivity index (χ2v) is 11.7. The third kappa shape index (κ3) is 5.25. The van der Waals surface area contributed by atoms with Gasteiger partial charge in [0.05, 0.1) is 11.0 Å². The summed E-state index contributed by atoms with van der Waals surface area (Å²) in [7, 11) is 0. The molecule has 48 heavy (non-hydrogen) atoms. The average molecular weight is 619 g/mol. The summed E-state index contributed by atoms with van der Waals surface area (Å²) in [5, 5.41) is 0. The molecule has 1 heterocycles. The number of rotatable bonds is 6. The SMILES string of the molecule is O=c1c(=O)n(-c2ccc(-c3ccccc3)cc2)c2cc(-c3ccccc3)c(-c3ccccc3)cc2n1-c1ccc(-c2ccccc2)cc1. The zero-order valence-corrected chi connectivity index (χ0v) is 26.0. The van der Waals surface area contributed by atoms with Gasteiger partial charge in [0.2, 0.25) is 0 Å². The maximum absolute atomic E-state index is 14.3. The molecule has 0 unspecified atom stereocenters. The maximum atomic E-state index is 14.3. The molecular weight excluding hydrogens is 588 g/mol. The Morgan fingerprint density at radius 1 is 0.292 bits per heavy atom. The van der Waals surface area contributed by atoms with Gasteiger partial charge >= 0.3 is 11.1 Å². The summed E-state index contributed by atoms with van der Waals surface area (Å²) in [6, 6.07) is 60.2. The van der Waals surface area contributed by atoms with Crippen molar-refractivity contribution in [3.63, 3.8) is 0 Å². The van der Waals surface area contributed by atoms with Crippen LogP contribution in [0, 0.1) is 0 Å². The molecule has 1 aromatic heterocycles. The smallest absolute Gasteiger partial charge is 0.271 e. The van der Waals surface area contributed by atoms with E-state index in [1.165, 1.54) is 0 Å². The molecule has 0 aliphatic rings. The van der Waals surface area contributed by atoms with Crippen molar-refractivity contribution < 1.29 is 0 Å². The lowest BCUT2D eigenvalue weighted by Gasteiger charge is -2.20. The normalized spacial score (nSPS) is 11.1. The summed E-state index contributed by atoms with van der Waals surface area (Å²) in [5.41, 5.74) is 9.46. The third-order valence-electron chi connectivity index (χ3n) is 8.82. The van der Waals surface area contributed by atoms with E-state index in [-0.39, 0.29) is 0 Å². The Morgan fingerprint density at radius 2 is 0.562 bits per heavy atom. The predicted octanol–water partition coefficient (Wildman–Crippen LogP) is 9.81. The van der Waals surface area contributed by atoms with Gasteiger partial charge < -0.3 is 0 Å². The van der Waals surface area contributed by atoms with Crippen LogP contribution in [0.5, 0.6) is 0 Å². The molecule has 0 aliphatic carbocycles. The monoisotopic (exact) mass is 618 g/mol. The minimum absolute atomic E-state index is 0.617. The van der Waals surface area contributed by atoms with Gasteiger partial charge in [0, 0.05) is 11.4 Å². The van der Waals surface area contributed by atoms with Crippen molar-refractivity contribution in [2.45, 2.75) is 0 Å². The first-order chi connectivity index (χ1) is 23.7. The topological polar surface area (TPSA) is 44.0 Å². The number of hydrogen-bond donors (Lipinski definition) is 0. The van der Waals surface area contributed by atoms with Crippen LogP contribution in [-0.4, -0.2) is 9.13 Å². The van der Waals surface area contributed by atoms with Gasteiger partial charge in [-0.25, -0.2) is 0 Å². The Hall–Kier alpha value is -6.52. The summed E-state index contributed by atoms with van der Waals surface area (Å²) in [6.07, 6.45) is 0. The average Bonchev–Trinajstić information content (AvgIpc) is 3.17. The fourth-order valence-electron chi connectivity index (χ4n) is 6.44. The fraction of sp³-hybridized carbons (Fsp3) is 0. The molecule has 0 radical (unpaired) electrons. The number of hydrogen-bond acceptors (Lipinski definition) is 2. The third-order valence-corrected chi connectivity index (χ3v) is 8.82. The second-order valence-electron chi connectivity index (χ2n) is 11.7. The largest absolute Gasteiger partial charge is 0.321 e. The zero-order chi connectivity index (χ0) is 32.5. The van der Waals surface area contributed by atoms with Gasteiger partial charge in [-0.3, -0.25) is 18.7 Å². The van der Waals surface area contributed by atoms with E-state index in [9.17, 15) is 9.59 Å². The Kier molecular flexibility index (Phi) is 7.44.